The minimum absolute atomic E-state index is 0.00220. The molecule has 0 bridgehead atoms. The average molecular weight is 393 g/mol. The van der Waals surface area contributed by atoms with E-state index in [0.29, 0.717) is 6.07 Å². The Morgan fingerprint density at radius 2 is 2.00 bits per heavy atom. The number of benzene rings is 1. The first kappa shape index (κ1) is 19.3. The van der Waals surface area contributed by atoms with Gasteiger partial charge < -0.3 is 10.3 Å². The lowest BCUT2D eigenvalue weighted by Gasteiger charge is -2.17. The predicted octanol–water partition coefficient (Wildman–Crippen LogP) is 4.96. The summed E-state index contributed by atoms with van der Waals surface area (Å²) in [4.78, 5) is 26.6. The van der Waals surface area contributed by atoms with Crippen molar-refractivity contribution in [3.63, 3.8) is 0 Å². The van der Waals surface area contributed by atoms with Gasteiger partial charge >= 0.3 is 6.18 Å². The molecule has 0 aliphatic heterocycles. The maximum absolute atomic E-state index is 13.3. The summed E-state index contributed by atoms with van der Waals surface area (Å²) in [6.45, 7) is 4.96. The lowest BCUT2D eigenvalue weighted by atomic mass is 10.0. The molecule has 0 unspecified atom stereocenters. The maximum atomic E-state index is 13.3. The summed E-state index contributed by atoms with van der Waals surface area (Å²) in [5.74, 6) is -0.528. The number of ketones is 1. The first-order valence-electron chi connectivity index (χ1n) is 7.13. The van der Waals surface area contributed by atoms with Gasteiger partial charge in [0.1, 0.15) is 5.56 Å². The minimum Gasteiger partial charge on any atom is -0.379 e. The zero-order valence-electron chi connectivity index (χ0n) is 13.0. The van der Waals surface area contributed by atoms with E-state index in [-0.39, 0.29) is 39.7 Å². The Labute approximate surface area is 150 Å². The first-order chi connectivity index (χ1) is 11.6. The number of hydrogen-bond acceptors (Lipinski definition) is 3. The summed E-state index contributed by atoms with van der Waals surface area (Å²) >= 11 is 11.5. The zero-order valence-corrected chi connectivity index (χ0v) is 14.5. The molecular weight excluding hydrogens is 380 g/mol. The van der Waals surface area contributed by atoms with Gasteiger partial charge in [0.05, 0.1) is 23.3 Å². The predicted molar refractivity (Wildman–Crippen MR) is 92.7 cm³/mol. The van der Waals surface area contributed by atoms with Crippen LogP contribution in [0.4, 0.5) is 18.9 Å². The van der Waals surface area contributed by atoms with E-state index in [9.17, 15) is 22.8 Å². The summed E-state index contributed by atoms with van der Waals surface area (Å²) in [6.07, 6.45) is -4.74. The number of nitrogens with one attached hydrogen (secondary N) is 2. The Morgan fingerprint density at radius 1 is 1.36 bits per heavy atom. The largest absolute Gasteiger partial charge is 0.418 e. The van der Waals surface area contributed by atoms with Gasteiger partial charge in [-0.2, -0.15) is 13.2 Å². The second-order valence-electron chi connectivity index (χ2n) is 5.23. The normalized spacial score (nSPS) is 11.6. The summed E-state index contributed by atoms with van der Waals surface area (Å²) in [7, 11) is 0. The molecule has 0 atom stereocenters. The van der Waals surface area contributed by atoms with E-state index in [0.717, 1.165) is 0 Å². The minimum atomic E-state index is -4.74. The number of H-pyrrole nitrogens is 1. The van der Waals surface area contributed by atoms with E-state index in [1.807, 2.05) is 0 Å². The van der Waals surface area contributed by atoms with Crippen molar-refractivity contribution in [2.75, 3.05) is 11.9 Å². The van der Waals surface area contributed by atoms with E-state index in [4.69, 9.17) is 23.2 Å². The summed E-state index contributed by atoms with van der Waals surface area (Å²) in [6, 6.07) is 1.96. The lowest BCUT2D eigenvalue weighted by molar-refractivity contribution is -0.136. The Morgan fingerprint density at radius 3 is 2.52 bits per heavy atom. The van der Waals surface area contributed by atoms with Crippen molar-refractivity contribution in [1.82, 2.24) is 4.98 Å². The molecule has 2 rings (SSSR count). The maximum Gasteiger partial charge on any atom is 0.418 e. The third-order valence-electron chi connectivity index (χ3n) is 3.45. The highest BCUT2D eigenvalue weighted by Gasteiger charge is 2.34. The number of pyridine rings is 1. The molecule has 4 nitrogen and oxygen atoms in total. The van der Waals surface area contributed by atoms with Crippen LogP contribution >= 0.6 is 23.2 Å². The van der Waals surface area contributed by atoms with Crippen molar-refractivity contribution >= 4 is 45.6 Å². The number of fused-ring (bicyclic) bond motifs is 1. The number of halogens is 5. The van der Waals surface area contributed by atoms with Crippen molar-refractivity contribution < 1.29 is 18.0 Å². The van der Waals surface area contributed by atoms with Gasteiger partial charge in [0.15, 0.2) is 5.78 Å². The molecule has 1 aromatic carbocycles. The molecule has 0 amide bonds. The van der Waals surface area contributed by atoms with Crippen LogP contribution in [0.5, 0.6) is 0 Å². The van der Waals surface area contributed by atoms with Gasteiger partial charge in [0.25, 0.3) is 5.56 Å². The topological polar surface area (TPSA) is 62.0 Å². The van der Waals surface area contributed by atoms with Crippen LogP contribution in [-0.2, 0) is 6.18 Å². The van der Waals surface area contributed by atoms with Crippen molar-refractivity contribution in [3.05, 3.63) is 50.2 Å². The highest BCUT2D eigenvalue weighted by Crippen LogP contribution is 2.38. The van der Waals surface area contributed by atoms with Crippen LogP contribution in [0.15, 0.2) is 28.5 Å². The number of hydrogen-bond donors (Lipinski definition) is 2. The Kier molecular flexibility index (Phi) is 5.49. The van der Waals surface area contributed by atoms with Gasteiger partial charge in [-0.05, 0) is 12.1 Å². The van der Waals surface area contributed by atoms with Gasteiger partial charge in [-0.15, -0.1) is 0 Å². The number of alkyl halides is 3. The molecule has 2 N–H and O–H groups in total. The van der Waals surface area contributed by atoms with Gasteiger partial charge in [-0.1, -0.05) is 36.7 Å². The fraction of sp³-hybridized carbons (Fsp3) is 0.250. The first-order valence-corrected chi connectivity index (χ1v) is 7.89. The monoisotopic (exact) mass is 392 g/mol. The van der Waals surface area contributed by atoms with Crippen LogP contribution in [0, 0.1) is 0 Å². The standard InChI is InChI=1S/C16H13Cl2F3N2O2/c1-3-11(24)12-14(22-6-7(2)17)9-4-8(18)5-10(16(19,20)21)13(9)23-15(12)25/h4-5H,2-3,6H2,1H3,(H2,22,23,25). The quantitative estimate of drug-likeness (QED) is 0.707. The Balaban J connectivity index is 2.94. The van der Waals surface area contributed by atoms with Gasteiger partial charge in [0.2, 0.25) is 0 Å². The van der Waals surface area contributed by atoms with Gasteiger partial charge in [0, 0.05) is 21.9 Å². The second kappa shape index (κ2) is 7.09. The van der Waals surface area contributed by atoms with Crippen molar-refractivity contribution in [2.24, 2.45) is 0 Å². The highest BCUT2D eigenvalue weighted by atomic mass is 35.5. The molecule has 0 aliphatic rings. The third-order valence-corrected chi connectivity index (χ3v) is 3.80. The van der Waals surface area contributed by atoms with Crippen LogP contribution in [0.2, 0.25) is 5.02 Å². The van der Waals surface area contributed by atoms with Crippen molar-refractivity contribution in [3.8, 4) is 0 Å². The fourth-order valence-corrected chi connectivity index (χ4v) is 2.68. The van der Waals surface area contributed by atoms with Crippen LogP contribution in [0.3, 0.4) is 0 Å². The van der Waals surface area contributed by atoms with Crippen molar-refractivity contribution in [1.29, 1.82) is 0 Å². The van der Waals surface area contributed by atoms with E-state index >= 15 is 0 Å². The van der Waals surface area contributed by atoms with Crippen molar-refractivity contribution in [2.45, 2.75) is 19.5 Å². The van der Waals surface area contributed by atoms with Gasteiger partial charge in [-0.3, -0.25) is 9.59 Å². The van der Waals surface area contributed by atoms with Crippen LogP contribution in [0.1, 0.15) is 29.3 Å². The molecule has 2 aromatic rings. The van der Waals surface area contributed by atoms with Crippen LogP contribution < -0.4 is 10.9 Å². The fourth-order valence-electron chi connectivity index (χ4n) is 2.40. The second-order valence-corrected chi connectivity index (χ2v) is 6.20. The van der Waals surface area contributed by atoms with E-state index in [1.165, 1.54) is 13.0 Å². The Bertz CT molecular complexity index is 920. The zero-order chi connectivity index (χ0) is 18.9. The molecule has 134 valence electrons. The summed E-state index contributed by atoms with van der Waals surface area (Å²) in [5.41, 5.74) is -2.81. The van der Waals surface area contributed by atoms with E-state index in [1.54, 1.807) is 0 Å². The van der Waals surface area contributed by atoms with E-state index in [2.05, 4.69) is 16.9 Å². The van der Waals surface area contributed by atoms with Crippen LogP contribution in [-0.4, -0.2) is 17.3 Å². The molecule has 0 saturated heterocycles. The number of Topliss-reactive ketones (excluding diaryl/α,β-unsaturated/α-hetero) is 1. The number of carbonyl (C=O) groups excluding carboxylic acids is 1. The van der Waals surface area contributed by atoms with Gasteiger partial charge in [-0.25, -0.2) is 0 Å². The molecule has 0 spiro atoms. The molecular formula is C16H13Cl2F3N2O2. The number of aromatic nitrogens is 1. The molecule has 0 aliphatic carbocycles. The lowest BCUT2D eigenvalue weighted by Crippen LogP contribution is -2.22. The summed E-state index contributed by atoms with van der Waals surface area (Å²) in [5, 5.41) is 2.65. The van der Waals surface area contributed by atoms with Crippen LogP contribution in [0.25, 0.3) is 10.9 Å². The molecule has 25 heavy (non-hydrogen) atoms. The highest BCUT2D eigenvalue weighted by molar-refractivity contribution is 6.32. The number of anilines is 1. The van der Waals surface area contributed by atoms with E-state index < -0.39 is 28.6 Å². The smallest absolute Gasteiger partial charge is 0.379 e. The molecule has 1 heterocycles. The number of rotatable bonds is 5. The SMILES string of the molecule is C=C(Cl)CNc1c(C(=O)CC)c(=O)[nH]c2c(C(F)(F)F)cc(Cl)cc12. The molecule has 0 saturated carbocycles. The average Bonchev–Trinajstić information content (AvgIpc) is 2.50. The molecule has 1 aromatic heterocycles. The Hall–Kier alpha value is -1.99. The molecule has 0 fully saturated rings. The number of carbonyl (C=O) groups is 1. The third kappa shape index (κ3) is 3.99. The molecule has 9 heteroatoms. The number of aromatic amines is 1. The summed E-state index contributed by atoms with van der Waals surface area (Å²) < 4.78 is 39.9. The molecule has 0 radical (unpaired) electrons.